The Morgan fingerprint density at radius 1 is 1.24 bits per heavy atom. The first-order valence-electron chi connectivity index (χ1n) is 6.98. The smallest absolute Gasteiger partial charge is 0.311 e. The van der Waals surface area contributed by atoms with Gasteiger partial charge in [0, 0.05) is 19.5 Å². The number of nitrogens with one attached hydrogen (secondary N) is 2. The van der Waals surface area contributed by atoms with E-state index < -0.39 is 23.4 Å². The summed E-state index contributed by atoms with van der Waals surface area (Å²) in [5.41, 5.74) is -0.462. The van der Waals surface area contributed by atoms with Crippen LogP contribution >= 0.6 is 0 Å². The Morgan fingerprint density at radius 3 is 2.62 bits per heavy atom. The molecule has 1 amide bonds. The number of carbonyl (C=O) groups excluding carboxylic acids is 1. The number of aromatic nitrogens is 2. The van der Waals surface area contributed by atoms with Gasteiger partial charge in [-0.25, -0.2) is 0 Å². The van der Waals surface area contributed by atoms with Crippen LogP contribution in [0.1, 0.15) is 37.2 Å². The number of piperidine rings is 1. The van der Waals surface area contributed by atoms with Crippen LogP contribution in [0, 0.1) is 0 Å². The van der Waals surface area contributed by atoms with Gasteiger partial charge in [-0.05, 0) is 19.3 Å². The Morgan fingerprint density at radius 2 is 1.95 bits per heavy atom. The van der Waals surface area contributed by atoms with Crippen molar-refractivity contribution in [1.29, 1.82) is 0 Å². The molecule has 0 bridgehead atoms. The monoisotopic (exact) mass is 292 g/mol. The van der Waals surface area contributed by atoms with E-state index in [1.54, 1.807) is 0 Å². The molecule has 1 aromatic rings. The zero-order valence-electron chi connectivity index (χ0n) is 11.4. The first-order valence-corrected chi connectivity index (χ1v) is 6.98. The largest absolute Gasteiger partial charge is 0.481 e. The number of carboxylic acid groups (broad SMARTS) is 1. The van der Waals surface area contributed by atoms with Crippen molar-refractivity contribution >= 4 is 23.6 Å². The van der Waals surface area contributed by atoms with Crippen molar-refractivity contribution in [2.75, 3.05) is 23.3 Å². The fourth-order valence-electron chi connectivity index (χ4n) is 2.83. The molecule has 8 heteroatoms. The molecule has 112 valence electrons. The summed E-state index contributed by atoms with van der Waals surface area (Å²) in [6.07, 6.45) is 2.94. The minimum absolute atomic E-state index is 0.0304. The van der Waals surface area contributed by atoms with Gasteiger partial charge in [0.15, 0.2) is 0 Å². The summed E-state index contributed by atoms with van der Waals surface area (Å²) in [7, 11) is 0. The van der Waals surface area contributed by atoms with Crippen LogP contribution in [0.3, 0.4) is 0 Å². The molecular weight excluding hydrogens is 276 g/mol. The molecule has 1 aromatic heterocycles. The molecule has 0 saturated carbocycles. The Balaban J connectivity index is 2.04. The van der Waals surface area contributed by atoms with Crippen LogP contribution in [0.4, 0.5) is 11.8 Å². The lowest BCUT2D eigenvalue weighted by Gasteiger charge is -2.28. The lowest BCUT2D eigenvalue weighted by Crippen LogP contribution is -2.37. The van der Waals surface area contributed by atoms with E-state index in [2.05, 4.69) is 15.3 Å². The zero-order chi connectivity index (χ0) is 15.0. The molecule has 8 nitrogen and oxygen atoms in total. The van der Waals surface area contributed by atoms with E-state index in [9.17, 15) is 19.5 Å². The molecule has 3 rings (SSSR count). The maximum atomic E-state index is 12.2. The topological polar surface area (TPSA) is 115 Å². The molecule has 0 unspecified atom stereocenters. The maximum absolute atomic E-state index is 12.2. The normalized spacial score (nSPS) is 21.6. The molecule has 3 N–H and O–H groups in total. The highest BCUT2D eigenvalue weighted by Gasteiger charge is 2.35. The van der Waals surface area contributed by atoms with Crippen molar-refractivity contribution in [2.45, 2.75) is 31.6 Å². The van der Waals surface area contributed by atoms with Gasteiger partial charge in [-0.15, -0.1) is 0 Å². The zero-order valence-corrected chi connectivity index (χ0v) is 11.4. The summed E-state index contributed by atoms with van der Waals surface area (Å²) < 4.78 is 0. The van der Waals surface area contributed by atoms with E-state index in [-0.39, 0.29) is 17.8 Å². The van der Waals surface area contributed by atoms with E-state index in [1.807, 2.05) is 4.90 Å². The number of amides is 1. The molecular formula is C13H16N4O4. The molecule has 1 saturated heterocycles. The van der Waals surface area contributed by atoms with E-state index >= 15 is 0 Å². The molecule has 2 aliphatic heterocycles. The number of carbonyl (C=O) groups is 2. The number of aliphatic carboxylic acids is 1. The number of anilines is 2. The fourth-order valence-corrected chi connectivity index (χ4v) is 2.83. The third-order valence-electron chi connectivity index (χ3n) is 3.89. The van der Waals surface area contributed by atoms with Gasteiger partial charge in [-0.3, -0.25) is 19.4 Å². The van der Waals surface area contributed by atoms with Crippen LogP contribution in [-0.2, 0) is 9.59 Å². The first kappa shape index (κ1) is 13.6. The highest BCUT2D eigenvalue weighted by Crippen LogP contribution is 2.29. The molecule has 2 aliphatic rings. The first-order chi connectivity index (χ1) is 10.1. The minimum Gasteiger partial charge on any atom is -0.481 e. The average molecular weight is 292 g/mol. The van der Waals surface area contributed by atoms with Gasteiger partial charge in [0.25, 0.3) is 5.56 Å². The number of fused-ring (bicyclic) bond motifs is 1. The molecule has 0 aliphatic carbocycles. The number of H-pyrrole nitrogens is 1. The van der Waals surface area contributed by atoms with E-state index in [4.69, 9.17) is 0 Å². The molecule has 3 heterocycles. The van der Waals surface area contributed by atoms with Crippen molar-refractivity contribution in [3.63, 3.8) is 0 Å². The summed E-state index contributed by atoms with van der Waals surface area (Å²) in [5.74, 6) is -2.30. The van der Waals surface area contributed by atoms with Crippen LogP contribution < -0.4 is 15.8 Å². The third kappa shape index (κ3) is 2.48. The summed E-state index contributed by atoms with van der Waals surface area (Å²) in [6, 6.07) is 0. The van der Waals surface area contributed by atoms with E-state index in [1.165, 1.54) is 0 Å². The number of hydrogen-bond acceptors (Lipinski definition) is 5. The SMILES string of the molecule is O=C1C[C@@H](C(=O)O)c2c(nc(N3CCCCC3)[nH]c2=O)N1. The summed E-state index contributed by atoms with van der Waals surface area (Å²) >= 11 is 0. The van der Waals surface area contributed by atoms with Crippen molar-refractivity contribution < 1.29 is 14.7 Å². The summed E-state index contributed by atoms with van der Waals surface area (Å²) in [4.78, 5) is 43.9. The van der Waals surface area contributed by atoms with Crippen LogP contribution in [0.2, 0.25) is 0 Å². The molecule has 1 atom stereocenters. The molecule has 0 spiro atoms. The molecule has 0 aromatic carbocycles. The van der Waals surface area contributed by atoms with Crippen LogP contribution in [0.25, 0.3) is 0 Å². The Kier molecular flexibility index (Phi) is 3.36. The van der Waals surface area contributed by atoms with Gasteiger partial charge in [0.1, 0.15) is 5.82 Å². The lowest BCUT2D eigenvalue weighted by atomic mass is 9.94. The van der Waals surface area contributed by atoms with Gasteiger partial charge in [0.05, 0.1) is 11.5 Å². The molecule has 0 radical (unpaired) electrons. The van der Waals surface area contributed by atoms with Crippen LogP contribution in [-0.4, -0.2) is 40.0 Å². The van der Waals surface area contributed by atoms with Gasteiger partial charge < -0.3 is 15.3 Å². The van der Waals surface area contributed by atoms with Gasteiger partial charge in [-0.2, -0.15) is 4.98 Å². The van der Waals surface area contributed by atoms with Crippen molar-refractivity contribution in [2.24, 2.45) is 0 Å². The predicted molar refractivity (Wildman–Crippen MR) is 74.5 cm³/mol. The number of carboxylic acids is 1. The Labute approximate surface area is 120 Å². The second kappa shape index (κ2) is 5.19. The maximum Gasteiger partial charge on any atom is 0.311 e. The number of nitrogens with zero attached hydrogens (tertiary/aromatic N) is 2. The number of rotatable bonds is 2. The van der Waals surface area contributed by atoms with E-state index in [0.717, 1.165) is 32.4 Å². The van der Waals surface area contributed by atoms with Gasteiger partial charge in [-0.1, -0.05) is 0 Å². The fraction of sp³-hybridized carbons (Fsp3) is 0.538. The number of hydrogen-bond donors (Lipinski definition) is 3. The second-order valence-electron chi connectivity index (χ2n) is 5.34. The van der Waals surface area contributed by atoms with Crippen molar-refractivity contribution in [1.82, 2.24) is 9.97 Å². The minimum atomic E-state index is -1.19. The standard InChI is InChI=1S/C13H16N4O4/c18-8-6-7(12(20)21)9-10(14-8)15-13(16-11(9)19)17-4-2-1-3-5-17/h7H,1-6H2,(H,20,21)(H2,14,15,16,18,19)/t7-/m1/s1. The average Bonchev–Trinajstić information content (AvgIpc) is 2.46. The van der Waals surface area contributed by atoms with Gasteiger partial charge >= 0.3 is 5.97 Å². The van der Waals surface area contributed by atoms with Gasteiger partial charge in [0.2, 0.25) is 11.9 Å². The highest BCUT2D eigenvalue weighted by molar-refractivity contribution is 5.98. The van der Waals surface area contributed by atoms with Crippen molar-refractivity contribution in [3.05, 3.63) is 15.9 Å². The quantitative estimate of drug-likeness (QED) is 0.720. The van der Waals surface area contributed by atoms with Crippen LogP contribution in [0.15, 0.2) is 4.79 Å². The summed E-state index contributed by atoms with van der Waals surface area (Å²) in [6.45, 7) is 1.58. The molecule has 1 fully saturated rings. The second-order valence-corrected chi connectivity index (χ2v) is 5.34. The predicted octanol–water partition coefficient (Wildman–Crippen LogP) is 0.271. The van der Waals surface area contributed by atoms with Crippen molar-refractivity contribution in [3.8, 4) is 0 Å². The third-order valence-corrected chi connectivity index (χ3v) is 3.89. The van der Waals surface area contributed by atoms with Crippen LogP contribution in [0.5, 0.6) is 0 Å². The number of aromatic amines is 1. The molecule has 21 heavy (non-hydrogen) atoms. The van der Waals surface area contributed by atoms with E-state index in [0.29, 0.717) is 5.95 Å². The Bertz CT molecular complexity index is 648. The Hall–Kier alpha value is -2.38. The lowest BCUT2D eigenvalue weighted by molar-refractivity contribution is -0.140. The highest BCUT2D eigenvalue weighted by atomic mass is 16.4. The summed E-state index contributed by atoms with van der Waals surface area (Å²) in [5, 5.41) is 11.7.